The Morgan fingerprint density at radius 3 is 2.37 bits per heavy atom. The van der Waals surface area contributed by atoms with E-state index < -0.39 is 46.3 Å². The molecule has 12 nitrogen and oxygen atoms in total. The molecule has 2 saturated heterocycles. The van der Waals surface area contributed by atoms with E-state index in [1.807, 2.05) is 33.8 Å². The van der Waals surface area contributed by atoms with Crippen molar-refractivity contribution in [1.29, 1.82) is 0 Å². The number of nitrogens with zero attached hydrogens (tertiary/aromatic N) is 2. The van der Waals surface area contributed by atoms with Crippen LogP contribution >= 0.6 is 0 Å². The molecule has 3 saturated carbocycles. The zero-order valence-electron chi connectivity index (χ0n) is 37.5. The van der Waals surface area contributed by atoms with Gasteiger partial charge in [-0.25, -0.2) is 4.79 Å². The largest absolute Gasteiger partial charge is 0.491 e. The summed E-state index contributed by atoms with van der Waals surface area (Å²) in [7, 11) is 3.44. The molecule has 0 aromatic heterocycles. The number of Topliss-reactive ketones (excluding diaryl/α,β-unsaturated/α-hetero) is 2. The fraction of sp³-hybridized carbons (Fsp3) is 0.646. The lowest BCUT2D eigenvalue weighted by atomic mass is 9.44. The van der Waals surface area contributed by atoms with Gasteiger partial charge in [-0.3, -0.25) is 14.5 Å². The molecular weight excluding hydrogens is 763 g/mol. The Morgan fingerprint density at radius 2 is 1.70 bits per heavy atom. The monoisotopic (exact) mass is 829 g/mol. The Morgan fingerprint density at radius 1 is 0.983 bits per heavy atom. The molecule has 7 atom stereocenters. The number of aliphatic hydroxyl groups excluding tert-OH is 1. The number of benzene rings is 1. The first-order chi connectivity index (χ1) is 28.4. The molecule has 5 fully saturated rings. The molecule has 8 rings (SSSR count). The van der Waals surface area contributed by atoms with Gasteiger partial charge >= 0.3 is 5.97 Å². The van der Waals surface area contributed by atoms with Crippen molar-refractivity contribution in [1.82, 2.24) is 15.1 Å². The number of esters is 1. The quantitative estimate of drug-likeness (QED) is 0.0945. The van der Waals surface area contributed by atoms with Crippen LogP contribution in [0.5, 0.6) is 17.2 Å². The fourth-order valence-corrected chi connectivity index (χ4v) is 11.1. The molecule has 7 unspecified atom stereocenters. The molecule has 1 aromatic rings. The average molecular weight is 830 g/mol. The molecule has 1 spiro atoms. The van der Waals surface area contributed by atoms with Crippen LogP contribution in [0.25, 0.3) is 6.08 Å². The minimum atomic E-state index is -1.57. The van der Waals surface area contributed by atoms with E-state index in [4.69, 9.17) is 23.7 Å². The van der Waals surface area contributed by atoms with Crippen LogP contribution in [-0.4, -0.2) is 128 Å². The van der Waals surface area contributed by atoms with Crippen LogP contribution in [0.4, 0.5) is 0 Å². The zero-order chi connectivity index (χ0) is 43.4. The summed E-state index contributed by atoms with van der Waals surface area (Å²) in [4.78, 5) is 49.3. The first-order valence-electron chi connectivity index (χ1n) is 21.9. The first kappa shape index (κ1) is 44.3. The summed E-state index contributed by atoms with van der Waals surface area (Å²) >= 11 is 0. The number of piperazine rings is 1. The number of aliphatic hydroxyl groups is 1. The van der Waals surface area contributed by atoms with Crippen LogP contribution < -0.4 is 19.5 Å². The van der Waals surface area contributed by atoms with Crippen LogP contribution in [-0.2, 0) is 25.5 Å². The van der Waals surface area contributed by atoms with Gasteiger partial charge in [-0.05, 0) is 100 Å². The van der Waals surface area contributed by atoms with E-state index in [-0.39, 0.29) is 37.1 Å². The molecular formula is C48H67N3O9. The maximum absolute atomic E-state index is 16.3. The number of hydrogen-bond donors (Lipinski definition) is 2. The number of rotatable bonds is 15. The Labute approximate surface area is 356 Å². The molecule has 0 radical (unpaired) electrons. The Balaban J connectivity index is 1.50. The van der Waals surface area contributed by atoms with Crippen LogP contribution in [0.15, 0.2) is 41.0 Å². The first-order valence-corrected chi connectivity index (χ1v) is 21.9. The molecule has 60 heavy (non-hydrogen) atoms. The number of carbonyl (C=O) groups excluding carboxylic acids is 3. The van der Waals surface area contributed by atoms with Crippen LogP contribution in [0.1, 0.15) is 103 Å². The normalized spacial score (nSPS) is 31.4. The topological polar surface area (TPSA) is 136 Å². The smallest absolute Gasteiger partial charge is 0.333 e. The molecule has 0 amide bonds. The van der Waals surface area contributed by atoms with Gasteiger partial charge in [0.1, 0.15) is 35.0 Å². The standard InChI is InChI=1S/C48H67N3O9/c1-29(2)12-11-17-46(8)18-16-33-40(58-46)32(14-13-30(3)4)42-36(41(33)57-27-21-49-20-26-52)39(53)37-38(51-24-22-50(9)23-25-51)34-28-35-45(6,7)60-47(43(34)54,48(35,37)59-42)19-15-31(5)44(55)56-10/h12-13,15-16,18,34-35,37-38,49,52H,11,14,17,19-28H2,1-10H3/b31-15-. The highest BCUT2D eigenvalue weighted by molar-refractivity contribution is 6.10. The molecule has 2 N–H and O–H groups in total. The van der Waals surface area contributed by atoms with Crippen molar-refractivity contribution in [3.8, 4) is 17.2 Å². The highest BCUT2D eigenvalue weighted by atomic mass is 16.6. The van der Waals surface area contributed by atoms with Gasteiger partial charge in [0.25, 0.3) is 0 Å². The Kier molecular flexibility index (Phi) is 12.4. The summed E-state index contributed by atoms with van der Waals surface area (Å²) in [6.07, 6.45) is 12.7. The van der Waals surface area contributed by atoms with Gasteiger partial charge in [0.2, 0.25) is 0 Å². The molecule has 328 valence electrons. The van der Waals surface area contributed by atoms with Crippen molar-refractivity contribution >= 4 is 23.6 Å². The SMILES string of the molecule is COC(=O)/C(C)=C\CC12OC(C)(C)C3CC(C1=O)C(N1CCN(C)CC1)C1C(=O)c4c(OCCNCCO)c5c(c(CC=C(C)C)c4OC132)OC(C)(CCC=C(C)C)C=C5. The molecule has 4 bridgehead atoms. The highest BCUT2D eigenvalue weighted by Crippen LogP contribution is 2.71. The van der Waals surface area contributed by atoms with E-state index in [2.05, 4.69) is 61.2 Å². The molecule has 12 heteroatoms. The summed E-state index contributed by atoms with van der Waals surface area (Å²) < 4.78 is 33.9. The lowest BCUT2D eigenvalue weighted by molar-refractivity contribution is -0.214. The lowest BCUT2D eigenvalue weighted by Crippen LogP contribution is -2.82. The second-order valence-corrected chi connectivity index (χ2v) is 19.1. The summed E-state index contributed by atoms with van der Waals surface area (Å²) in [5.41, 5.74) is -0.0229. The van der Waals surface area contributed by atoms with Crippen molar-refractivity contribution in [3.63, 3.8) is 0 Å². The van der Waals surface area contributed by atoms with Crippen molar-refractivity contribution in [3.05, 3.63) is 57.7 Å². The van der Waals surface area contributed by atoms with Gasteiger partial charge in [0.15, 0.2) is 22.8 Å². The third-order valence-electron chi connectivity index (χ3n) is 14.0. The average Bonchev–Trinajstić information content (AvgIpc) is 3.34. The van der Waals surface area contributed by atoms with Crippen molar-refractivity contribution in [2.45, 2.75) is 116 Å². The highest BCUT2D eigenvalue weighted by Gasteiger charge is 2.86. The van der Waals surface area contributed by atoms with Crippen LogP contribution in [0.2, 0.25) is 0 Å². The number of ketones is 2. The maximum atomic E-state index is 16.3. The van der Waals surface area contributed by atoms with Gasteiger partial charge < -0.3 is 39.0 Å². The van der Waals surface area contributed by atoms with E-state index in [0.29, 0.717) is 73.0 Å². The number of carbonyl (C=O) groups is 3. The maximum Gasteiger partial charge on any atom is 0.333 e. The predicted octanol–water partition coefficient (Wildman–Crippen LogP) is 5.89. The van der Waals surface area contributed by atoms with E-state index in [1.54, 1.807) is 13.0 Å². The number of likely N-dealkylation sites (N-methyl/N-ethyl adjacent to an activating group) is 1. The van der Waals surface area contributed by atoms with Crippen molar-refractivity contribution < 1.29 is 43.2 Å². The number of methoxy groups -OCH3 is 1. The third kappa shape index (κ3) is 7.37. The van der Waals surface area contributed by atoms with Gasteiger partial charge in [0, 0.05) is 74.7 Å². The number of ether oxygens (including phenoxy) is 5. The fourth-order valence-electron chi connectivity index (χ4n) is 11.1. The van der Waals surface area contributed by atoms with Gasteiger partial charge in [0.05, 0.1) is 30.8 Å². The predicted molar refractivity (Wildman–Crippen MR) is 231 cm³/mol. The van der Waals surface area contributed by atoms with Crippen molar-refractivity contribution in [2.24, 2.45) is 17.8 Å². The minimum absolute atomic E-state index is 0.00883. The van der Waals surface area contributed by atoms with E-state index in [9.17, 15) is 9.90 Å². The summed E-state index contributed by atoms with van der Waals surface area (Å²) in [6, 6.07) is -0.430. The van der Waals surface area contributed by atoms with Gasteiger partial charge in [-0.2, -0.15) is 0 Å². The summed E-state index contributed by atoms with van der Waals surface area (Å²) in [5, 5.41) is 12.7. The number of allylic oxidation sites excluding steroid dienone is 4. The van der Waals surface area contributed by atoms with Crippen molar-refractivity contribution in [2.75, 3.05) is 66.6 Å². The molecule has 4 heterocycles. The molecule has 1 aromatic carbocycles. The molecule has 7 aliphatic rings. The lowest BCUT2D eigenvalue weighted by Gasteiger charge is -2.65. The second kappa shape index (κ2) is 16.8. The Bertz CT molecular complexity index is 2000. The zero-order valence-corrected chi connectivity index (χ0v) is 37.5. The van der Waals surface area contributed by atoms with Gasteiger partial charge in [-0.1, -0.05) is 29.4 Å². The number of fused-ring (bicyclic) bond motifs is 2. The molecule has 3 aliphatic carbocycles. The van der Waals surface area contributed by atoms with E-state index >= 15 is 9.59 Å². The molecule has 4 aliphatic heterocycles. The van der Waals surface area contributed by atoms with Crippen LogP contribution in [0, 0.1) is 17.8 Å². The summed E-state index contributed by atoms with van der Waals surface area (Å²) in [5.74, 6) is -0.911. The second-order valence-electron chi connectivity index (χ2n) is 19.1. The van der Waals surface area contributed by atoms with E-state index in [0.717, 1.165) is 37.1 Å². The Hall–Kier alpha value is -3.81. The summed E-state index contributed by atoms with van der Waals surface area (Å²) in [6.45, 7) is 20.2. The van der Waals surface area contributed by atoms with E-state index in [1.165, 1.54) is 12.7 Å². The number of hydrogen-bond acceptors (Lipinski definition) is 12. The number of nitrogens with one attached hydrogen (secondary N) is 1. The van der Waals surface area contributed by atoms with Crippen LogP contribution in [0.3, 0.4) is 0 Å². The van der Waals surface area contributed by atoms with Gasteiger partial charge in [-0.15, -0.1) is 0 Å². The third-order valence-corrected chi connectivity index (χ3v) is 14.0. The minimum Gasteiger partial charge on any atom is -0.491 e.